The molecule has 2 bridgehead atoms. The predicted molar refractivity (Wildman–Crippen MR) is 143 cm³/mol. The summed E-state index contributed by atoms with van der Waals surface area (Å²) in [6, 6.07) is 14.7. The molecule has 2 aromatic carbocycles. The Morgan fingerprint density at radius 1 is 1.08 bits per heavy atom. The van der Waals surface area contributed by atoms with E-state index in [9.17, 15) is 26.4 Å². The zero-order valence-corrected chi connectivity index (χ0v) is 23.3. The number of rotatable bonds is 10. The first-order valence-corrected chi connectivity index (χ1v) is 14.8. The van der Waals surface area contributed by atoms with Gasteiger partial charge in [-0.25, -0.2) is 8.42 Å². The maximum Gasteiger partial charge on any atom is 0.389 e. The Labute approximate surface area is 231 Å². The number of nitrogens with one attached hydrogen (secondary N) is 1. The number of benzene rings is 2. The molecule has 11 heteroatoms. The van der Waals surface area contributed by atoms with Crippen molar-refractivity contribution in [1.29, 1.82) is 0 Å². The Morgan fingerprint density at radius 3 is 2.28 bits per heavy atom. The quantitative estimate of drug-likeness (QED) is 0.379. The molecule has 4 aliphatic rings. The molecular weight excluding hydrogens is 551 g/mol. The summed E-state index contributed by atoms with van der Waals surface area (Å²) in [5.74, 6) is 0.344. The molecule has 39 heavy (non-hydrogen) atoms. The van der Waals surface area contributed by atoms with Crippen molar-refractivity contribution < 1.29 is 26.4 Å². The topological polar surface area (TPSA) is 78.8 Å². The highest BCUT2D eigenvalue weighted by Crippen LogP contribution is 2.71. The van der Waals surface area contributed by atoms with E-state index in [1.807, 2.05) is 26.0 Å². The summed E-state index contributed by atoms with van der Waals surface area (Å²) < 4.78 is 66.9. The van der Waals surface area contributed by atoms with E-state index >= 15 is 0 Å². The van der Waals surface area contributed by atoms with Gasteiger partial charge >= 0.3 is 6.18 Å². The number of alkyl halides is 3. The van der Waals surface area contributed by atoms with Gasteiger partial charge in [-0.05, 0) is 69.4 Å². The molecule has 1 atom stereocenters. The lowest BCUT2D eigenvalue weighted by molar-refractivity contribution is -0.151. The maximum absolute atomic E-state index is 13.8. The fraction of sp³-hybridized carbons (Fsp3) is 0.500. The number of carbonyl (C=O) groups excluding carboxylic acids is 1. The molecule has 1 N–H and O–H groups in total. The van der Waals surface area contributed by atoms with Crippen LogP contribution in [0.15, 0.2) is 64.5 Å². The molecule has 1 aliphatic heterocycles. The van der Waals surface area contributed by atoms with E-state index in [0.717, 1.165) is 5.56 Å². The molecule has 0 spiro atoms. The number of carbonyl (C=O) groups is 1. The van der Waals surface area contributed by atoms with Crippen LogP contribution in [-0.2, 0) is 21.4 Å². The van der Waals surface area contributed by atoms with Gasteiger partial charge in [0.05, 0.1) is 10.4 Å². The highest BCUT2D eigenvalue weighted by Gasteiger charge is 2.75. The molecule has 210 valence electrons. The summed E-state index contributed by atoms with van der Waals surface area (Å²) in [5, 5.41) is 3.92. The second-order valence-electron chi connectivity index (χ2n) is 11.6. The Kier molecular flexibility index (Phi) is 6.91. The van der Waals surface area contributed by atoms with Crippen molar-refractivity contribution in [3.8, 4) is 0 Å². The molecule has 6 rings (SSSR count). The van der Waals surface area contributed by atoms with Crippen molar-refractivity contribution in [2.75, 3.05) is 0 Å². The van der Waals surface area contributed by atoms with Crippen LogP contribution in [0.25, 0.3) is 0 Å². The van der Waals surface area contributed by atoms with E-state index in [-0.39, 0.29) is 35.5 Å². The highest BCUT2D eigenvalue weighted by atomic mass is 35.5. The molecule has 6 nitrogen and oxygen atoms in total. The maximum atomic E-state index is 13.8. The lowest BCUT2D eigenvalue weighted by Gasteiger charge is -2.73. The molecule has 0 saturated heterocycles. The Hall–Kier alpha value is -2.43. The summed E-state index contributed by atoms with van der Waals surface area (Å²) in [7, 11) is -3.82. The Balaban J connectivity index is 1.35. The van der Waals surface area contributed by atoms with Gasteiger partial charge in [0, 0.05) is 35.4 Å². The molecule has 3 aliphatic carbocycles. The molecule has 2 aromatic rings. The zero-order chi connectivity index (χ0) is 28.3. The molecule has 1 heterocycles. The minimum Gasteiger partial charge on any atom is -0.366 e. The molecule has 0 radical (unpaired) electrons. The van der Waals surface area contributed by atoms with Gasteiger partial charge in [-0.15, -0.1) is 0 Å². The van der Waals surface area contributed by atoms with Crippen molar-refractivity contribution in [3.05, 3.63) is 65.2 Å². The lowest BCUT2D eigenvalue weighted by Crippen LogP contribution is -2.78. The minimum absolute atomic E-state index is 0.187. The molecular formula is C28H31ClF3N3O3S. The van der Waals surface area contributed by atoms with E-state index in [2.05, 4.69) is 10.3 Å². The fourth-order valence-corrected chi connectivity index (χ4v) is 8.18. The first kappa shape index (κ1) is 28.1. The van der Waals surface area contributed by atoms with Gasteiger partial charge in [-0.1, -0.05) is 41.9 Å². The van der Waals surface area contributed by atoms with Gasteiger partial charge in [-0.2, -0.15) is 17.5 Å². The average Bonchev–Trinajstić information content (AvgIpc) is 3.12. The molecule has 0 amide bonds. The third-order valence-corrected chi connectivity index (χ3v) is 10.4. The van der Waals surface area contributed by atoms with Crippen LogP contribution in [0.4, 0.5) is 13.2 Å². The van der Waals surface area contributed by atoms with Crippen LogP contribution in [0.5, 0.6) is 0 Å². The van der Waals surface area contributed by atoms with Gasteiger partial charge in [-0.3, -0.25) is 9.79 Å². The smallest absolute Gasteiger partial charge is 0.366 e. The second kappa shape index (κ2) is 9.59. The normalized spacial score (nSPS) is 27.4. The predicted octanol–water partition coefficient (Wildman–Crippen LogP) is 5.90. The van der Waals surface area contributed by atoms with Crippen LogP contribution < -0.4 is 5.32 Å². The van der Waals surface area contributed by atoms with Gasteiger partial charge in [0.15, 0.2) is 5.78 Å². The zero-order valence-electron chi connectivity index (χ0n) is 21.8. The van der Waals surface area contributed by atoms with E-state index in [1.165, 1.54) is 0 Å². The van der Waals surface area contributed by atoms with Crippen molar-refractivity contribution >= 4 is 33.2 Å². The van der Waals surface area contributed by atoms with Gasteiger partial charge in [0.1, 0.15) is 11.9 Å². The summed E-state index contributed by atoms with van der Waals surface area (Å²) >= 11 is 6.04. The third kappa shape index (κ3) is 5.23. The molecule has 3 saturated carbocycles. The van der Waals surface area contributed by atoms with Crippen LogP contribution in [0, 0.1) is 5.41 Å². The van der Waals surface area contributed by atoms with Gasteiger partial charge in [0.2, 0.25) is 10.0 Å². The van der Waals surface area contributed by atoms with E-state index in [1.54, 1.807) is 46.8 Å². The van der Waals surface area contributed by atoms with Crippen LogP contribution in [0.2, 0.25) is 5.02 Å². The number of hydrogen-bond donors (Lipinski definition) is 1. The first-order valence-electron chi connectivity index (χ1n) is 12.9. The minimum atomic E-state index is -4.30. The lowest BCUT2D eigenvalue weighted by atomic mass is 9.38. The first-order chi connectivity index (χ1) is 18.2. The summed E-state index contributed by atoms with van der Waals surface area (Å²) in [6.07, 6.45) is -4.08. The second-order valence-corrected chi connectivity index (χ2v) is 13.9. The summed E-state index contributed by atoms with van der Waals surface area (Å²) in [4.78, 5) is 17.7. The largest absolute Gasteiger partial charge is 0.389 e. The van der Waals surface area contributed by atoms with Crippen LogP contribution in [0.3, 0.4) is 0 Å². The van der Waals surface area contributed by atoms with Crippen molar-refractivity contribution in [2.24, 2.45) is 10.4 Å². The number of sulfonamides is 1. The number of aliphatic imine (C=N–C) groups is 1. The third-order valence-electron chi connectivity index (χ3n) is 8.18. The van der Waals surface area contributed by atoms with Crippen molar-refractivity contribution in [2.45, 2.75) is 87.1 Å². The van der Waals surface area contributed by atoms with Crippen LogP contribution in [0.1, 0.15) is 57.9 Å². The molecule has 0 aromatic heterocycles. The molecule has 3 fully saturated rings. The standard InChI is InChI=1S/C28H31ClF3N3O3S/c1-25(2)23(22(36)9-6-14-28(30,31)32)33-24(34-25)26-16-27(17-26,18-26)35(15-19-10-12-20(29)13-11-19)39(37,38)21-7-4-3-5-8-21/h3-5,7-8,10-13,23H,6,9,14-18H2,1-2H3,(H,33,34)/t23-,26?,27?/m0/s1. The summed E-state index contributed by atoms with van der Waals surface area (Å²) in [6.45, 7) is 3.84. The van der Waals surface area contributed by atoms with Crippen LogP contribution in [-0.4, -0.2) is 47.6 Å². The van der Waals surface area contributed by atoms with Crippen LogP contribution >= 0.6 is 11.6 Å². The summed E-state index contributed by atoms with van der Waals surface area (Å²) in [5.41, 5.74) is -0.869. The number of amidine groups is 1. The van der Waals surface area contributed by atoms with Gasteiger partial charge < -0.3 is 5.32 Å². The van der Waals surface area contributed by atoms with E-state index < -0.39 is 39.7 Å². The SMILES string of the molecule is CC1(C)NC(C23CC(N(Cc4ccc(Cl)cc4)S(=O)(=O)c4ccccc4)(C2)C3)=N[C@H]1C(=O)CCCC(F)(F)F. The Morgan fingerprint density at radius 2 is 1.69 bits per heavy atom. The fourth-order valence-electron chi connectivity index (χ4n) is 6.27. The Bertz CT molecular complexity index is 1370. The monoisotopic (exact) mass is 581 g/mol. The van der Waals surface area contributed by atoms with Gasteiger partial charge in [0.25, 0.3) is 0 Å². The van der Waals surface area contributed by atoms with E-state index in [0.29, 0.717) is 30.1 Å². The van der Waals surface area contributed by atoms with Crippen molar-refractivity contribution in [3.63, 3.8) is 0 Å². The van der Waals surface area contributed by atoms with Crippen molar-refractivity contribution in [1.82, 2.24) is 9.62 Å². The highest BCUT2D eigenvalue weighted by molar-refractivity contribution is 7.89. The molecule has 0 unspecified atom stereocenters. The average molecular weight is 582 g/mol. The number of Topliss-reactive ketones (excluding diaryl/α,β-unsaturated/α-hetero) is 1. The number of hydrogen-bond acceptors (Lipinski definition) is 5. The number of ketones is 1. The van der Waals surface area contributed by atoms with E-state index in [4.69, 9.17) is 11.6 Å². The number of halogens is 4. The number of nitrogens with zero attached hydrogens (tertiary/aromatic N) is 2.